The number of phenolic OH excluding ortho intramolecular Hbond substituents is 1. The number of carbonyl (C=O) groups excluding carboxylic acids is 1. The van der Waals surface area contributed by atoms with Gasteiger partial charge in [0, 0.05) is 0 Å². The standard InChI is InChI=1S/C33H48O3/c1-7-25(31(35)36-33(8-2)20-10-9-11-21-33)23-28(22-24(3)26-14-18-30(34)19-15-26)27-12-16-29(17-13-27)32(4,5)6/h12-19,24-25,28,34H,7-11,20-23H2,1-6H3. The second-order valence-corrected chi connectivity index (χ2v) is 12.2. The van der Waals surface area contributed by atoms with Gasteiger partial charge in [-0.15, -0.1) is 0 Å². The van der Waals surface area contributed by atoms with Crippen LogP contribution in [0.5, 0.6) is 5.75 Å². The predicted octanol–water partition coefficient (Wildman–Crippen LogP) is 9.04. The molecule has 3 atom stereocenters. The molecule has 36 heavy (non-hydrogen) atoms. The molecule has 3 rings (SSSR count). The molecular weight excluding hydrogens is 444 g/mol. The van der Waals surface area contributed by atoms with E-state index in [0.717, 1.165) is 51.4 Å². The first-order chi connectivity index (χ1) is 17.1. The van der Waals surface area contributed by atoms with Gasteiger partial charge in [0.25, 0.3) is 0 Å². The molecule has 0 bridgehead atoms. The highest BCUT2D eigenvalue weighted by Gasteiger charge is 2.36. The Balaban J connectivity index is 1.82. The zero-order chi connectivity index (χ0) is 26.3. The lowest BCUT2D eigenvalue weighted by Crippen LogP contribution is -2.38. The number of phenols is 1. The summed E-state index contributed by atoms with van der Waals surface area (Å²) in [5.41, 5.74) is 3.68. The number of ether oxygens (including phenoxy) is 1. The normalized spacial score (nSPS) is 18.3. The third-order valence-corrected chi connectivity index (χ3v) is 8.47. The quantitative estimate of drug-likeness (QED) is 0.336. The van der Waals surface area contributed by atoms with Gasteiger partial charge < -0.3 is 9.84 Å². The van der Waals surface area contributed by atoms with Crippen molar-refractivity contribution in [3.8, 4) is 5.75 Å². The summed E-state index contributed by atoms with van der Waals surface area (Å²) in [5.74, 6) is 0.752. The van der Waals surface area contributed by atoms with Gasteiger partial charge >= 0.3 is 5.97 Å². The molecule has 3 unspecified atom stereocenters. The van der Waals surface area contributed by atoms with Crippen LogP contribution in [-0.2, 0) is 14.9 Å². The molecule has 3 heteroatoms. The maximum absolute atomic E-state index is 13.5. The first-order valence-electron chi connectivity index (χ1n) is 14.2. The Morgan fingerprint density at radius 1 is 0.917 bits per heavy atom. The third-order valence-electron chi connectivity index (χ3n) is 8.47. The number of hydrogen-bond acceptors (Lipinski definition) is 3. The Hall–Kier alpha value is -2.29. The van der Waals surface area contributed by atoms with Crippen molar-refractivity contribution in [1.82, 2.24) is 0 Å². The van der Waals surface area contributed by atoms with Gasteiger partial charge in [-0.25, -0.2) is 0 Å². The van der Waals surface area contributed by atoms with Crippen LogP contribution in [0.2, 0.25) is 0 Å². The summed E-state index contributed by atoms with van der Waals surface area (Å²) in [6.07, 6.45) is 9.01. The average molecular weight is 493 g/mol. The van der Waals surface area contributed by atoms with Gasteiger partial charge in [-0.2, -0.15) is 0 Å². The van der Waals surface area contributed by atoms with E-state index < -0.39 is 0 Å². The van der Waals surface area contributed by atoms with Crippen LogP contribution in [0.4, 0.5) is 0 Å². The lowest BCUT2D eigenvalue weighted by molar-refractivity contribution is -0.169. The summed E-state index contributed by atoms with van der Waals surface area (Å²) in [4.78, 5) is 13.5. The number of esters is 1. The van der Waals surface area contributed by atoms with Crippen molar-refractivity contribution in [3.63, 3.8) is 0 Å². The Morgan fingerprint density at radius 2 is 1.50 bits per heavy atom. The summed E-state index contributed by atoms with van der Waals surface area (Å²) in [6.45, 7) is 13.3. The molecular formula is C33H48O3. The molecule has 0 radical (unpaired) electrons. The summed E-state index contributed by atoms with van der Waals surface area (Å²) >= 11 is 0. The van der Waals surface area contributed by atoms with Crippen LogP contribution >= 0.6 is 0 Å². The molecule has 0 aliphatic heterocycles. The highest BCUT2D eigenvalue weighted by Crippen LogP contribution is 2.39. The van der Waals surface area contributed by atoms with E-state index in [2.05, 4.69) is 65.8 Å². The lowest BCUT2D eigenvalue weighted by atomic mass is 9.78. The lowest BCUT2D eigenvalue weighted by Gasteiger charge is -2.37. The molecule has 3 nitrogen and oxygen atoms in total. The maximum Gasteiger partial charge on any atom is 0.309 e. The van der Waals surface area contributed by atoms with Gasteiger partial charge in [0.1, 0.15) is 11.4 Å². The van der Waals surface area contributed by atoms with Crippen molar-refractivity contribution in [2.75, 3.05) is 0 Å². The number of benzene rings is 2. The van der Waals surface area contributed by atoms with Crippen LogP contribution in [-0.4, -0.2) is 16.7 Å². The van der Waals surface area contributed by atoms with E-state index in [1.807, 2.05) is 12.1 Å². The molecule has 2 aromatic rings. The van der Waals surface area contributed by atoms with Gasteiger partial charge in [-0.05, 0) is 97.4 Å². The topological polar surface area (TPSA) is 46.5 Å². The van der Waals surface area contributed by atoms with Crippen LogP contribution in [0.25, 0.3) is 0 Å². The van der Waals surface area contributed by atoms with Crippen LogP contribution in [0.3, 0.4) is 0 Å². The van der Waals surface area contributed by atoms with Crippen molar-refractivity contribution in [2.24, 2.45) is 5.92 Å². The maximum atomic E-state index is 13.5. The molecule has 0 heterocycles. The van der Waals surface area contributed by atoms with Crippen LogP contribution < -0.4 is 0 Å². The highest BCUT2D eigenvalue weighted by atomic mass is 16.6. The first-order valence-corrected chi connectivity index (χ1v) is 14.2. The smallest absolute Gasteiger partial charge is 0.309 e. The van der Waals surface area contributed by atoms with Crippen molar-refractivity contribution in [1.29, 1.82) is 0 Å². The molecule has 1 fully saturated rings. The Labute approximate surface area is 219 Å². The van der Waals surface area contributed by atoms with Crippen molar-refractivity contribution < 1.29 is 14.6 Å². The minimum atomic E-state index is -0.258. The molecule has 1 saturated carbocycles. The Bertz CT molecular complexity index is 946. The third kappa shape index (κ3) is 7.37. The summed E-state index contributed by atoms with van der Waals surface area (Å²) in [5, 5.41) is 9.73. The van der Waals surface area contributed by atoms with Crippen molar-refractivity contribution >= 4 is 5.97 Å². The minimum Gasteiger partial charge on any atom is -0.508 e. The predicted molar refractivity (Wildman–Crippen MR) is 150 cm³/mol. The summed E-state index contributed by atoms with van der Waals surface area (Å²) in [7, 11) is 0. The zero-order valence-electron chi connectivity index (χ0n) is 23.5. The monoisotopic (exact) mass is 492 g/mol. The van der Waals surface area contributed by atoms with Crippen LogP contribution in [0, 0.1) is 5.92 Å². The van der Waals surface area contributed by atoms with Crippen LogP contribution in [0.1, 0.15) is 128 Å². The van der Waals surface area contributed by atoms with Crippen molar-refractivity contribution in [3.05, 3.63) is 65.2 Å². The van der Waals surface area contributed by atoms with E-state index in [1.165, 1.54) is 23.1 Å². The molecule has 0 saturated heterocycles. The van der Waals surface area contributed by atoms with Gasteiger partial charge in [0.2, 0.25) is 0 Å². The Morgan fingerprint density at radius 3 is 2.03 bits per heavy atom. The Kier molecular flexibility index (Phi) is 9.66. The van der Waals surface area contributed by atoms with E-state index in [1.54, 1.807) is 12.1 Å². The molecule has 1 N–H and O–H groups in total. The van der Waals surface area contributed by atoms with E-state index in [0.29, 0.717) is 11.7 Å². The van der Waals surface area contributed by atoms with Gasteiger partial charge in [0.15, 0.2) is 0 Å². The fourth-order valence-corrected chi connectivity index (χ4v) is 5.78. The fraction of sp³-hybridized carbons (Fsp3) is 0.606. The molecule has 1 aliphatic rings. The molecule has 1 aliphatic carbocycles. The van der Waals surface area contributed by atoms with Gasteiger partial charge in [-0.1, -0.05) is 84.4 Å². The molecule has 0 spiro atoms. The summed E-state index contributed by atoms with van der Waals surface area (Å²) < 4.78 is 6.32. The van der Waals surface area contributed by atoms with Gasteiger partial charge in [-0.3, -0.25) is 4.79 Å². The summed E-state index contributed by atoms with van der Waals surface area (Å²) in [6, 6.07) is 16.6. The highest BCUT2D eigenvalue weighted by molar-refractivity contribution is 5.73. The first kappa shape index (κ1) is 28.3. The number of carbonyl (C=O) groups is 1. The van der Waals surface area contributed by atoms with E-state index >= 15 is 0 Å². The van der Waals surface area contributed by atoms with Crippen LogP contribution in [0.15, 0.2) is 48.5 Å². The molecule has 198 valence electrons. The molecule has 0 amide bonds. The number of hydrogen-bond donors (Lipinski definition) is 1. The van der Waals surface area contributed by atoms with E-state index in [4.69, 9.17) is 4.74 Å². The van der Waals surface area contributed by atoms with E-state index in [9.17, 15) is 9.90 Å². The van der Waals surface area contributed by atoms with Crippen molar-refractivity contribution in [2.45, 2.75) is 122 Å². The van der Waals surface area contributed by atoms with Gasteiger partial charge in [0.05, 0.1) is 5.92 Å². The van der Waals surface area contributed by atoms with E-state index in [-0.39, 0.29) is 28.8 Å². The largest absolute Gasteiger partial charge is 0.508 e. The molecule has 0 aromatic heterocycles. The molecule has 2 aromatic carbocycles. The minimum absolute atomic E-state index is 0.00477. The number of aromatic hydroxyl groups is 1. The average Bonchev–Trinajstić information content (AvgIpc) is 2.86. The fourth-order valence-electron chi connectivity index (χ4n) is 5.78. The second kappa shape index (κ2) is 12.3. The number of rotatable bonds is 10. The second-order valence-electron chi connectivity index (χ2n) is 12.2. The SMILES string of the molecule is CCC(CC(CC(C)c1ccc(O)cc1)c1ccc(C(C)(C)C)cc1)C(=O)OC1(CC)CCCCC1. The zero-order valence-corrected chi connectivity index (χ0v) is 23.5.